The second-order valence-electron chi connectivity index (χ2n) is 8.44. The number of carbonyl (C=O) groups is 2. The molecule has 2 amide bonds. The van der Waals surface area contributed by atoms with Gasteiger partial charge in [0.2, 0.25) is 5.91 Å². The second kappa shape index (κ2) is 10.7. The average Bonchev–Trinajstić information content (AvgIpc) is 2.75. The third-order valence-corrected chi connectivity index (χ3v) is 6.33. The fourth-order valence-electron chi connectivity index (χ4n) is 4.63. The van der Waals surface area contributed by atoms with E-state index in [1.54, 1.807) is 0 Å². The van der Waals surface area contributed by atoms with Crippen molar-refractivity contribution in [1.29, 1.82) is 0 Å². The predicted molar refractivity (Wildman–Crippen MR) is 115 cm³/mol. The number of carbonyl (C=O) groups excluding carboxylic acids is 2. The molecule has 2 atom stereocenters. The molecule has 0 bridgehead atoms. The third-order valence-electron chi connectivity index (χ3n) is 6.33. The van der Waals surface area contributed by atoms with Crippen molar-refractivity contribution >= 4 is 11.8 Å². The van der Waals surface area contributed by atoms with E-state index in [1.165, 1.54) is 0 Å². The molecule has 1 aromatic rings. The van der Waals surface area contributed by atoms with Crippen molar-refractivity contribution < 1.29 is 14.3 Å². The van der Waals surface area contributed by atoms with E-state index in [-0.39, 0.29) is 24.0 Å². The van der Waals surface area contributed by atoms with Gasteiger partial charge in [-0.1, -0.05) is 44.7 Å². The van der Waals surface area contributed by atoms with E-state index >= 15 is 0 Å². The first-order valence-electron chi connectivity index (χ1n) is 11.4. The molecule has 3 rings (SSSR count). The Bertz CT molecular complexity index is 690. The molecule has 5 nitrogen and oxygen atoms in total. The van der Waals surface area contributed by atoms with Gasteiger partial charge in [-0.05, 0) is 44.2 Å². The van der Waals surface area contributed by atoms with E-state index in [2.05, 4.69) is 4.90 Å². The summed E-state index contributed by atoms with van der Waals surface area (Å²) >= 11 is 0. The lowest BCUT2D eigenvalue weighted by Gasteiger charge is -2.40. The fraction of sp³-hybridized carbons (Fsp3) is 0.667. The number of amides is 2. The summed E-state index contributed by atoms with van der Waals surface area (Å²) in [5.41, 5.74) is 0.627. The standard InChI is InChI=1S/C24H36N2O3/c1-3-23(27)26-18-12-6-4-5-11-17-25(2)24(28)19-13-7-9-15-21(19)29-22-16-10-8-14-20(22)26/h7,9,13,15,20,22H,3-6,8,10-12,14,16-18H2,1-2H3/t20-,22+/m1/s1. The van der Waals surface area contributed by atoms with Crippen molar-refractivity contribution in [3.05, 3.63) is 29.8 Å². The molecule has 29 heavy (non-hydrogen) atoms. The van der Waals surface area contributed by atoms with Gasteiger partial charge in [-0.15, -0.1) is 0 Å². The zero-order valence-electron chi connectivity index (χ0n) is 18.1. The molecular formula is C24H36N2O3. The summed E-state index contributed by atoms with van der Waals surface area (Å²) in [4.78, 5) is 29.7. The van der Waals surface area contributed by atoms with Crippen LogP contribution in [0.2, 0.25) is 0 Å². The minimum Gasteiger partial charge on any atom is -0.487 e. The molecule has 0 aromatic heterocycles. The van der Waals surface area contributed by atoms with Gasteiger partial charge in [0.25, 0.3) is 5.91 Å². The van der Waals surface area contributed by atoms with Gasteiger partial charge in [-0.3, -0.25) is 9.59 Å². The number of nitrogens with zero attached hydrogens (tertiary/aromatic N) is 2. The highest BCUT2D eigenvalue weighted by atomic mass is 16.5. The fourth-order valence-corrected chi connectivity index (χ4v) is 4.63. The minimum atomic E-state index is -0.0522. The molecule has 0 unspecified atom stereocenters. The van der Waals surface area contributed by atoms with E-state index in [9.17, 15) is 9.59 Å². The lowest BCUT2D eigenvalue weighted by molar-refractivity contribution is -0.136. The first-order chi connectivity index (χ1) is 14.1. The highest BCUT2D eigenvalue weighted by Gasteiger charge is 2.34. The Morgan fingerprint density at radius 1 is 1.00 bits per heavy atom. The van der Waals surface area contributed by atoms with E-state index < -0.39 is 0 Å². The molecule has 160 valence electrons. The van der Waals surface area contributed by atoms with Gasteiger partial charge in [0.1, 0.15) is 11.9 Å². The molecule has 0 N–H and O–H groups in total. The van der Waals surface area contributed by atoms with Crippen LogP contribution in [0, 0.1) is 0 Å². The van der Waals surface area contributed by atoms with Crippen LogP contribution in [0.5, 0.6) is 5.75 Å². The summed E-state index contributed by atoms with van der Waals surface area (Å²) in [5.74, 6) is 0.892. The van der Waals surface area contributed by atoms with Gasteiger partial charge in [0, 0.05) is 26.6 Å². The second-order valence-corrected chi connectivity index (χ2v) is 8.44. The maximum Gasteiger partial charge on any atom is 0.257 e. The Kier molecular flexibility index (Phi) is 7.96. The van der Waals surface area contributed by atoms with Gasteiger partial charge in [0.05, 0.1) is 11.6 Å². The normalized spacial score (nSPS) is 24.6. The summed E-state index contributed by atoms with van der Waals surface area (Å²) in [5, 5.41) is 0. The van der Waals surface area contributed by atoms with Crippen molar-refractivity contribution in [3.8, 4) is 5.75 Å². The van der Waals surface area contributed by atoms with Crippen LogP contribution in [-0.4, -0.2) is 53.9 Å². The summed E-state index contributed by atoms with van der Waals surface area (Å²) < 4.78 is 6.48. The van der Waals surface area contributed by atoms with Crippen LogP contribution in [0.15, 0.2) is 24.3 Å². The maximum atomic E-state index is 13.0. The van der Waals surface area contributed by atoms with Gasteiger partial charge >= 0.3 is 0 Å². The van der Waals surface area contributed by atoms with E-state index in [0.29, 0.717) is 17.7 Å². The van der Waals surface area contributed by atoms with Crippen molar-refractivity contribution in [2.75, 3.05) is 20.1 Å². The van der Waals surface area contributed by atoms with Crippen LogP contribution in [0.3, 0.4) is 0 Å². The number of para-hydroxylation sites is 1. The molecule has 1 heterocycles. The molecule has 0 saturated heterocycles. The number of hydrogen-bond donors (Lipinski definition) is 0. The summed E-state index contributed by atoms with van der Waals surface area (Å²) in [7, 11) is 1.88. The van der Waals surface area contributed by atoms with E-state index in [1.807, 2.05) is 43.1 Å². The summed E-state index contributed by atoms with van der Waals surface area (Å²) in [6.07, 6.45) is 10.1. The largest absolute Gasteiger partial charge is 0.487 e. The molecule has 0 spiro atoms. The van der Waals surface area contributed by atoms with E-state index in [4.69, 9.17) is 4.74 Å². The Hall–Kier alpha value is -2.04. The first kappa shape index (κ1) is 21.7. The maximum absolute atomic E-state index is 13.0. The SMILES string of the molecule is CCC(=O)N1CCCCCCCN(C)C(=O)c2ccccc2O[C@H]2CCCC[C@H]21. The topological polar surface area (TPSA) is 49.9 Å². The number of fused-ring (bicyclic) bond motifs is 2. The Balaban J connectivity index is 1.91. The third kappa shape index (κ3) is 5.52. The number of rotatable bonds is 1. The van der Waals surface area contributed by atoms with Gasteiger partial charge in [-0.25, -0.2) is 0 Å². The summed E-state index contributed by atoms with van der Waals surface area (Å²) in [6, 6.07) is 7.68. The van der Waals surface area contributed by atoms with Crippen LogP contribution in [0.4, 0.5) is 0 Å². The molecule has 1 saturated carbocycles. The van der Waals surface area contributed by atoms with Gasteiger partial charge in [-0.2, -0.15) is 0 Å². The Morgan fingerprint density at radius 3 is 2.48 bits per heavy atom. The van der Waals surface area contributed by atoms with Gasteiger partial charge < -0.3 is 14.5 Å². The predicted octanol–water partition coefficient (Wildman–Crippen LogP) is 4.65. The van der Waals surface area contributed by atoms with Gasteiger partial charge in [0.15, 0.2) is 0 Å². The van der Waals surface area contributed by atoms with Crippen LogP contribution >= 0.6 is 0 Å². The zero-order valence-corrected chi connectivity index (χ0v) is 18.1. The van der Waals surface area contributed by atoms with Crippen LogP contribution in [0.25, 0.3) is 0 Å². The van der Waals surface area contributed by atoms with Crippen molar-refractivity contribution in [2.24, 2.45) is 0 Å². The molecular weight excluding hydrogens is 364 g/mol. The Labute approximate surface area is 175 Å². The number of ether oxygens (including phenoxy) is 1. The van der Waals surface area contributed by atoms with Crippen molar-refractivity contribution in [3.63, 3.8) is 0 Å². The average molecular weight is 401 g/mol. The molecule has 1 fully saturated rings. The Morgan fingerprint density at radius 2 is 1.69 bits per heavy atom. The van der Waals surface area contributed by atoms with Crippen LogP contribution in [0.1, 0.15) is 81.5 Å². The molecule has 1 aromatic carbocycles. The van der Waals surface area contributed by atoms with Crippen LogP contribution in [-0.2, 0) is 4.79 Å². The molecule has 2 aliphatic rings. The lowest BCUT2D eigenvalue weighted by Crippen LogP contribution is -2.51. The van der Waals surface area contributed by atoms with E-state index in [0.717, 1.165) is 70.9 Å². The zero-order chi connectivity index (χ0) is 20.6. The quantitative estimate of drug-likeness (QED) is 0.689. The summed E-state index contributed by atoms with van der Waals surface area (Å²) in [6.45, 7) is 3.53. The highest BCUT2D eigenvalue weighted by molar-refractivity contribution is 5.96. The number of hydrogen-bond acceptors (Lipinski definition) is 3. The first-order valence-corrected chi connectivity index (χ1v) is 11.4. The van der Waals surface area contributed by atoms with Crippen molar-refractivity contribution in [2.45, 2.75) is 83.3 Å². The highest BCUT2D eigenvalue weighted by Crippen LogP contribution is 2.30. The smallest absolute Gasteiger partial charge is 0.257 e. The van der Waals surface area contributed by atoms with Crippen molar-refractivity contribution in [1.82, 2.24) is 9.80 Å². The monoisotopic (exact) mass is 400 g/mol. The number of benzene rings is 1. The molecule has 5 heteroatoms. The molecule has 0 radical (unpaired) electrons. The molecule has 1 aliphatic carbocycles. The van der Waals surface area contributed by atoms with Crippen LogP contribution < -0.4 is 4.74 Å². The lowest BCUT2D eigenvalue weighted by atomic mass is 9.90. The minimum absolute atomic E-state index is 0.0179. The molecule has 1 aliphatic heterocycles.